The Morgan fingerprint density at radius 1 is 1.17 bits per heavy atom. The summed E-state index contributed by atoms with van der Waals surface area (Å²) in [6, 6.07) is 9.37. The maximum atomic E-state index is 11.8. The fourth-order valence-corrected chi connectivity index (χ4v) is 1.91. The lowest BCUT2D eigenvalue weighted by atomic mass is 10.1. The van der Waals surface area contributed by atoms with Gasteiger partial charge in [-0.1, -0.05) is 18.2 Å². The number of nitrogens with one attached hydrogen (secondary N) is 2. The minimum atomic E-state index is -1.13. The fraction of sp³-hybridized carbons (Fsp3) is 0.375. The maximum Gasteiger partial charge on any atom is 0.326 e. The summed E-state index contributed by atoms with van der Waals surface area (Å²) >= 11 is 0. The molecule has 0 bridgehead atoms. The van der Waals surface area contributed by atoms with Gasteiger partial charge in [-0.25, -0.2) is 4.79 Å². The third kappa shape index (κ3) is 7.09. The smallest absolute Gasteiger partial charge is 0.326 e. The van der Waals surface area contributed by atoms with Crippen molar-refractivity contribution < 1.29 is 19.5 Å². The largest absolute Gasteiger partial charge is 0.480 e. The highest BCUT2D eigenvalue weighted by atomic mass is 16.4. The van der Waals surface area contributed by atoms with Gasteiger partial charge in [0, 0.05) is 12.0 Å². The number of rotatable bonds is 9. The van der Waals surface area contributed by atoms with E-state index < -0.39 is 23.8 Å². The first kappa shape index (κ1) is 18.2. The number of unbranched alkanes of at least 4 members (excludes halogenated alkanes) is 2. The molecule has 2 amide bonds. The Kier molecular flexibility index (Phi) is 7.86. The molecule has 0 aliphatic carbocycles. The van der Waals surface area contributed by atoms with Crippen molar-refractivity contribution in [2.45, 2.75) is 31.7 Å². The number of amides is 2. The van der Waals surface area contributed by atoms with E-state index in [1.54, 1.807) is 30.3 Å². The Hall–Kier alpha value is -2.88. The zero-order chi connectivity index (χ0) is 17.1. The van der Waals surface area contributed by atoms with Crippen LogP contribution >= 0.6 is 0 Å². The molecule has 0 fully saturated rings. The van der Waals surface area contributed by atoms with Gasteiger partial charge in [-0.05, 0) is 31.4 Å². The minimum absolute atomic E-state index is 0.245. The van der Waals surface area contributed by atoms with E-state index in [1.807, 2.05) is 6.07 Å². The summed E-state index contributed by atoms with van der Waals surface area (Å²) in [6.45, 7) is -0.296. The molecule has 0 unspecified atom stereocenters. The molecule has 0 radical (unpaired) electrons. The molecular formula is C16H19N3O4. The van der Waals surface area contributed by atoms with Crippen LogP contribution in [0.1, 0.15) is 36.0 Å². The van der Waals surface area contributed by atoms with Gasteiger partial charge in [0.1, 0.15) is 6.04 Å². The molecule has 23 heavy (non-hydrogen) atoms. The summed E-state index contributed by atoms with van der Waals surface area (Å²) in [6.07, 6.45) is 1.71. The van der Waals surface area contributed by atoms with Crippen LogP contribution in [0.4, 0.5) is 0 Å². The van der Waals surface area contributed by atoms with Gasteiger partial charge in [-0.2, -0.15) is 5.26 Å². The molecule has 1 atom stereocenters. The highest BCUT2D eigenvalue weighted by Crippen LogP contribution is 2.04. The number of carbonyl (C=O) groups excluding carboxylic acids is 2. The number of benzene rings is 1. The van der Waals surface area contributed by atoms with Gasteiger partial charge in [0.2, 0.25) is 5.91 Å². The number of carboxylic acids is 1. The summed E-state index contributed by atoms with van der Waals surface area (Å²) in [7, 11) is 0. The van der Waals surface area contributed by atoms with E-state index in [2.05, 4.69) is 10.6 Å². The molecule has 0 aliphatic heterocycles. The lowest BCUT2D eigenvalue weighted by molar-refractivity contribution is -0.141. The molecule has 0 saturated heterocycles. The molecule has 0 aliphatic rings. The molecule has 0 spiro atoms. The lowest BCUT2D eigenvalue weighted by Gasteiger charge is -2.14. The van der Waals surface area contributed by atoms with Crippen LogP contribution in [0, 0.1) is 11.3 Å². The third-order valence-corrected chi connectivity index (χ3v) is 3.11. The Morgan fingerprint density at radius 3 is 2.48 bits per heavy atom. The summed E-state index contributed by atoms with van der Waals surface area (Å²) in [4.78, 5) is 34.6. The summed E-state index contributed by atoms with van der Waals surface area (Å²) in [5, 5.41) is 22.3. The normalized spacial score (nSPS) is 11.1. The van der Waals surface area contributed by atoms with Crippen LogP contribution in [0.15, 0.2) is 30.3 Å². The highest BCUT2D eigenvalue weighted by molar-refractivity contribution is 5.96. The van der Waals surface area contributed by atoms with Gasteiger partial charge in [0.25, 0.3) is 5.91 Å². The summed E-state index contributed by atoms with van der Waals surface area (Å²) < 4.78 is 0. The van der Waals surface area contributed by atoms with Crippen molar-refractivity contribution in [3.63, 3.8) is 0 Å². The molecule has 0 aromatic heterocycles. The lowest BCUT2D eigenvalue weighted by Crippen LogP contribution is -2.45. The molecule has 7 nitrogen and oxygen atoms in total. The number of nitrogens with zero attached hydrogens (tertiary/aromatic N) is 1. The standard InChI is InChI=1S/C16H19N3O4/c17-10-6-2-5-9-13(16(22)23)19-14(20)11-18-15(21)12-7-3-1-4-8-12/h1,3-4,7-8,13H,2,5-6,9,11H2,(H,18,21)(H,19,20)(H,22,23)/t13-/m0/s1. The van der Waals surface area contributed by atoms with Gasteiger partial charge in [-0.15, -0.1) is 0 Å². The SMILES string of the molecule is N#CCCCC[C@H](NC(=O)CNC(=O)c1ccccc1)C(=O)O. The maximum absolute atomic E-state index is 11.8. The number of hydrogen-bond acceptors (Lipinski definition) is 4. The van der Waals surface area contributed by atoms with Crippen molar-refractivity contribution in [2.75, 3.05) is 6.54 Å². The molecule has 7 heteroatoms. The molecule has 122 valence electrons. The Labute approximate surface area is 134 Å². The predicted octanol–water partition coefficient (Wildman–Crippen LogP) is 1.07. The molecule has 1 aromatic carbocycles. The van der Waals surface area contributed by atoms with Crippen molar-refractivity contribution >= 4 is 17.8 Å². The van der Waals surface area contributed by atoms with Gasteiger partial charge >= 0.3 is 5.97 Å². The van der Waals surface area contributed by atoms with Gasteiger partial charge in [-0.3, -0.25) is 9.59 Å². The average molecular weight is 317 g/mol. The third-order valence-electron chi connectivity index (χ3n) is 3.11. The number of carbonyl (C=O) groups is 3. The van der Waals surface area contributed by atoms with Crippen LogP contribution in [0.25, 0.3) is 0 Å². The molecule has 1 rings (SSSR count). The van der Waals surface area contributed by atoms with E-state index in [0.717, 1.165) is 0 Å². The molecule has 3 N–H and O–H groups in total. The van der Waals surface area contributed by atoms with Crippen LogP contribution in [-0.2, 0) is 9.59 Å². The molecular weight excluding hydrogens is 298 g/mol. The van der Waals surface area contributed by atoms with Gasteiger partial charge in [0.15, 0.2) is 0 Å². The first-order chi connectivity index (χ1) is 11.0. The topological polar surface area (TPSA) is 119 Å². The van der Waals surface area contributed by atoms with Crippen LogP contribution in [0.3, 0.4) is 0 Å². The van der Waals surface area contributed by atoms with Crippen LogP contribution in [-0.4, -0.2) is 35.5 Å². The van der Waals surface area contributed by atoms with Crippen molar-refractivity contribution in [2.24, 2.45) is 0 Å². The summed E-state index contributed by atoms with van der Waals surface area (Å²) in [5.41, 5.74) is 0.423. The van der Waals surface area contributed by atoms with E-state index >= 15 is 0 Å². The number of hydrogen-bond donors (Lipinski definition) is 3. The molecule has 1 aromatic rings. The Morgan fingerprint density at radius 2 is 1.87 bits per heavy atom. The van der Waals surface area contributed by atoms with Crippen molar-refractivity contribution in [1.29, 1.82) is 5.26 Å². The van der Waals surface area contributed by atoms with E-state index in [4.69, 9.17) is 10.4 Å². The minimum Gasteiger partial charge on any atom is -0.480 e. The zero-order valence-corrected chi connectivity index (χ0v) is 12.6. The second kappa shape index (κ2) is 9.95. The summed E-state index contributed by atoms with van der Waals surface area (Å²) in [5.74, 6) is -2.10. The monoisotopic (exact) mass is 317 g/mol. The fourth-order valence-electron chi connectivity index (χ4n) is 1.91. The number of nitriles is 1. The molecule has 0 heterocycles. The number of carboxylic acid groups (broad SMARTS) is 1. The second-order valence-electron chi connectivity index (χ2n) is 4.91. The highest BCUT2D eigenvalue weighted by Gasteiger charge is 2.19. The quantitative estimate of drug-likeness (QED) is 0.589. The van der Waals surface area contributed by atoms with E-state index in [1.165, 1.54) is 0 Å². The van der Waals surface area contributed by atoms with E-state index in [-0.39, 0.29) is 13.0 Å². The van der Waals surface area contributed by atoms with Crippen molar-refractivity contribution in [3.8, 4) is 6.07 Å². The Bertz CT molecular complexity index is 581. The Balaban J connectivity index is 2.39. The average Bonchev–Trinajstić information content (AvgIpc) is 2.56. The zero-order valence-electron chi connectivity index (χ0n) is 12.6. The van der Waals surface area contributed by atoms with Crippen molar-refractivity contribution in [1.82, 2.24) is 10.6 Å². The van der Waals surface area contributed by atoms with Crippen LogP contribution in [0.2, 0.25) is 0 Å². The van der Waals surface area contributed by atoms with E-state index in [9.17, 15) is 14.4 Å². The molecule has 0 saturated carbocycles. The predicted molar refractivity (Wildman–Crippen MR) is 82.4 cm³/mol. The van der Waals surface area contributed by atoms with Crippen LogP contribution < -0.4 is 10.6 Å². The van der Waals surface area contributed by atoms with Crippen molar-refractivity contribution in [3.05, 3.63) is 35.9 Å². The first-order valence-electron chi connectivity index (χ1n) is 7.27. The van der Waals surface area contributed by atoms with E-state index in [0.29, 0.717) is 24.8 Å². The van der Waals surface area contributed by atoms with Gasteiger partial charge in [0.05, 0.1) is 12.6 Å². The first-order valence-corrected chi connectivity index (χ1v) is 7.27. The number of aliphatic carboxylic acids is 1. The van der Waals surface area contributed by atoms with Gasteiger partial charge < -0.3 is 15.7 Å². The van der Waals surface area contributed by atoms with Crippen LogP contribution in [0.5, 0.6) is 0 Å². The second-order valence-corrected chi connectivity index (χ2v) is 4.91.